The Balaban J connectivity index is 1.55. The largest absolute Gasteiger partial charge is 0.497 e. The van der Waals surface area contributed by atoms with Gasteiger partial charge >= 0.3 is 0 Å². The second-order valence-corrected chi connectivity index (χ2v) is 5.24. The zero-order valence-corrected chi connectivity index (χ0v) is 11.0. The first kappa shape index (κ1) is 12.9. The molecule has 98 valence electrons. The number of allylic oxidation sites excluding steroid dienone is 1. The van der Waals surface area contributed by atoms with Gasteiger partial charge in [0.05, 0.1) is 6.26 Å². The van der Waals surface area contributed by atoms with Crippen LogP contribution in [0.3, 0.4) is 0 Å². The van der Waals surface area contributed by atoms with E-state index in [1.165, 1.54) is 45.4 Å². The zero-order valence-electron chi connectivity index (χ0n) is 11.0. The Morgan fingerprint density at radius 3 is 2.71 bits per heavy atom. The normalized spacial score (nSPS) is 27.0. The van der Waals surface area contributed by atoms with Gasteiger partial charge in [-0.2, -0.15) is 0 Å². The third-order valence-corrected chi connectivity index (χ3v) is 3.98. The number of nitrogens with one attached hydrogen (secondary N) is 1. The lowest BCUT2D eigenvalue weighted by molar-refractivity contribution is 0.118. The van der Waals surface area contributed by atoms with Gasteiger partial charge < -0.3 is 15.0 Å². The molecule has 0 saturated carbocycles. The molecule has 0 aromatic carbocycles. The zero-order chi connectivity index (χ0) is 11.9. The molecule has 0 amide bonds. The number of hydrogen-bond donors (Lipinski definition) is 1. The highest BCUT2D eigenvalue weighted by atomic mass is 16.5. The Hall–Kier alpha value is -0.540. The van der Waals surface area contributed by atoms with Crippen molar-refractivity contribution < 1.29 is 4.74 Å². The highest BCUT2D eigenvalue weighted by Gasteiger charge is 2.18. The summed E-state index contributed by atoms with van der Waals surface area (Å²) in [5.41, 5.74) is 0. The molecule has 0 radical (unpaired) electrons. The van der Waals surface area contributed by atoms with Crippen molar-refractivity contribution in [2.75, 3.05) is 32.7 Å². The van der Waals surface area contributed by atoms with Gasteiger partial charge in [-0.1, -0.05) is 6.92 Å². The molecule has 1 unspecified atom stereocenters. The van der Waals surface area contributed by atoms with Crippen LogP contribution in [0.4, 0.5) is 0 Å². The van der Waals surface area contributed by atoms with Gasteiger partial charge in [0, 0.05) is 6.54 Å². The van der Waals surface area contributed by atoms with E-state index in [1.54, 1.807) is 0 Å². The highest BCUT2D eigenvalue weighted by molar-refractivity contribution is 4.83. The summed E-state index contributed by atoms with van der Waals surface area (Å²) in [4.78, 5) is 2.55. The second-order valence-electron chi connectivity index (χ2n) is 5.24. The van der Waals surface area contributed by atoms with Crippen LogP contribution in [0.15, 0.2) is 12.3 Å². The van der Waals surface area contributed by atoms with Gasteiger partial charge in [0.2, 0.25) is 0 Å². The molecule has 17 heavy (non-hydrogen) atoms. The maximum atomic E-state index is 5.55. The summed E-state index contributed by atoms with van der Waals surface area (Å²) >= 11 is 0. The quantitative estimate of drug-likeness (QED) is 0.793. The number of nitrogens with zero attached hydrogens (tertiary/aromatic N) is 1. The Morgan fingerprint density at radius 1 is 1.24 bits per heavy atom. The van der Waals surface area contributed by atoms with Crippen molar-refractivity contribution in [1.82, 2.24) is 10.2 Å². The molecule has 0 aliphatic carbocycles. The molecule has 0 bridgehead atoms. The summed E-state index contributed by atoms with van der Waals surface area (Å²) in [6.07, 6.45) is 9.40. The Morgan fingerprint density at radius 2 is 2.06 bits per heavy atom. The fourth-order valence-electron chi connectivity index (χ4n) is 2.69. The molecule has 0 aromatic rings. The molecule has 1 fully saturated rings. The maximum absolute atomic E-state index is 5.55. The van der Waals surface area contributed by atoms with E-state index < -0.39 is 0 Å². The van der Waals surface area contributed by atoms with E-state index in [4.69, 9.17) is 4.74 Å². The summed E-state index contributed by atoms with van der Waals surface area (Å²) in [7, 11) is 0. The SMILES string of the molecule is CCN1CCC(CNCC2CCC=CO2)CC1. The van der Waals surface area contributed by atoms with Crippen LogP contribution in [0.5, 0.6) is 0 Å². The standard InChI is InChI=1S/C14H26N2O/c1-2-16-8-6-13(7-9-16)11-15-12-14-5-3-4-10-17-14/h4,10,13-15H,2-3,5-9,11-12H2,1H3. The molecule has 2 aliphatic rings. The number of piperidine rings is 1. The third-order valence-electron chi connectivity index (χ3n) is 3.98. The van der Waals surface area contributed by atoms with Crippen molar-refractivity contribution >= 4 is 0 Å². The Bertz CT molecular complexity index is 234. The van der Waals surface area contributed by atoms with Crippen LogP contribution in [0.2, 0.25) is 0 Å². The van der Waals surface area contributed by atoms with Crippen molar-refractivity contribution in [2.24, 2.45) is 5.92 Å². The van der Waals surface area contributed by atoms with Crippen molar-refractivity contribution in [3.05, 3.63) is 12.3 Å². The molecular weight excluding hydrogens is 212 g/mol. The minimum atomic E-state index is 0.399. The molecule has 0 aromatic heterocycles. The van der Waals surface area contributed by atoms with Crippen LogP contribution < -0.4 is 5.32 Å². The second kappa shape index (κ2) is 7.02. The van der Waals surface area contributed by atoms with E-state index >= 15 is 0 Å². The molecule has 1 saturated heterocycles. The lowest BCUT2D eigenvalue weighted by atomic mass is 9.97. The van der Waals surface area contributed by atoms with Crippen LogP contribution in [0.1, 0.15) is 32.6 Å². The smallest absolute Gasteiger partial charge is 0.110 e. The van der Waals surface area contributed by atoms with Gasteiger partial charge in [0.1, 0.15) is 6.10 Å². The van der Waals surface area contributed by atoms with Gasteiger partial charge in [0.15, 0.2) is 0 Å². The summed E-state index contributed by atoms with van der Waals surface area (Å²) in [5, 5.41) is 3.58. The van der Waals surface area contributed by atoms with E-state index in [0.29, 0.717) is 6.10 Å². The van der Waals surface area contributed by atoms with E-state index in [-0.39, 0.29) is 0 Å². The summed E-state index contributed by atoms with van der Waals surface area (Å²) in [5.74, 6) is 0.872. The lowest BCUT2D eigenvalue weighted by Gasteiger charge is -2.31. The predicted molar refractivity (Wildman–Crippen MR) is 71.0 cm³/mol. The lowest BCUT2D eigenvalue weighted by Crippen LogP contribution is -2.39. The Kier molecular flexibility index (Phi) is 5.33. The van der Waals surface area contributed by atoms with Crippen LogP contribution in [-0.4, -0.2) is 43.7 Å². The van der Waals surface area contributed by atoms with Crippen molar-refractivity contribution in [3.8, 4) is 0 Å². The predicted octanol–water partition coefficient (Wildman–Crippen LogP) is 2.00. The highest BCUT2D eigenvalue weighted by Crippen LogP contribution is 2.16. The average molecular weight is 238 g/mol. The van der Waals surface area contributed by atoms with E-state index in [9.17, 15) is 0 Å². The molecular formula is C14H26N2O. The van der Waals surface area contributed by atoms with Gasteiger partial charge in [-0.25, -0.2) is 0 Å². The third kappa shape index (κ3) is 4.32. The molecule has 1 atom stereocenters. The summed E-state index contributed by atoms with van der Waals surface area (Å²) in [6.45, 7) is 8.21. The van der Waals surface area contributed by atoms with E-state index in [2.05, 4.69) is 23.2 Å². The molecule has 3 nitrogen and oxygen atoms in total. The Labute approximate surface area is 105 Å². The van der Waals surface area contributed by atoms with Crippen molar-refractivity contribution in [3.63, 3.8) is 0 Å². The minimum absolute atomic E-state index is 0.399. The first-order valence-corrected chi connectivity index (χ1v) is 7.12. The van der Waals surface area contributed by atoms with Crippen molar-refractivity contribution in [1.29, 1.82) is 0 Å². The number of hydrogen-bond acceptors (Lipinski definition) is 3. The number of ether oxygens (including phenoxy) is 1. The first-order valence-electron chi connectivity index (χ1n) is 7.12. The molecule has 3 heteroatoms. The van der Waals surface area contributed by atoms with E-state index in [0.717, 1.165) is 18.9 Å². The van der Waals surface area contributed by atoms with Crippen LogP contribution >= 0.6 is 0 Å². The molecule has 0 spiro atoms. The molecule has 2 rings (SSSR count). The first-order chi connectivity index (χ1) is 8.38. The maximum Gasteiger partial charge on any atom is 0.110 e. The number of rotatable bonds is 5. The average Bonchev–Trinajstić information content (AvgIpc) is 2.41. The molecule has 1 N–H and O–H groups in total. The van der Waals surface area contributed by atoms with Crippen LogP contribution in [-0.2, 0) is 4.74 Å². The van der Waals surface area contributed by atoms with Gasteiger partial charge in [0.25, 0.3) is 0 Å². The van der Waals surface area contributed by atoms with Gasteiger partial charge in [-0.3, -0.25) is 0 Å². The fraction of sp³-hybridized carbons (Fsp3) is 0.857. The minimum Gasteiger partial charge on any atom is -0.497 e. The molecule has 2 aliphatic heterocycles. The van der Waals surface area contributed by atoms with Crippen molar-refractivity contribution in [2.45, 2.75) is 38.7 Å². The van der Waals surface area contributed by atoms with E-state index in [1.807, 2.05) is 6.26 Å². The summed E-state index contributed by atoms with van der Waals surface area (Å²) < 4.78 is 5.55. The summed E-state index contributed by atoms with van der Waals surface area (Å²) in [6, 6.07) is 0. The fourth-order valence-corrected chi connectivity index (χ4v) is 2.69. The molecule has 2 heterocycles. The van der Waals surface area contributed by atoms with Gasteiger partial charge in [-0.05, 0) is 63.9 Å². The van der Waals surface area contributed by atoms with Crippen LogP contribution in [0, 0.1) is 5.92 Å². The monoisotopic (exact) mass is 238 g/mol. The topological polar surface area (TPSA) is 24.5 Å². The van der Waals surface area contributed by atoms with Gasteiger partial charge in [-0.15, -0.1) is 0 Å². The number of likely N-dealkylation sites (tertiary alicyclic amines) is 1. The van der Waals surface area contributed by atoms with Crippen LogP contribution in [0.25, 0.3) is 0 Å².